The average molecular weight is 250 g/mol. The van der Waals surface area contributed by atoms with E-state index in [1.165, 1.54) is 11.3 Å². The first kappa shape index (κ1) is 11.9. The molecule has 5 heteroatoms. The minimum Gasteiger partial charge on any atom is -0.496 e. The standard InChI is InChI=1S/C12H14N2O2S/c1-16-11-5-3-2-4-9(11)6-13-7-10-8-17-12(15)14-10/h2-5,8,13H,6-7H2,1H3,(H,14,15). The van der Waals surface area contributed by atoms with E-state index in [0.29, 0.717) is 13.1 Å². The normalized spacial score (nSPS) is 10.4. The third-order valence-corrected chi connectivity index (χ3v) is 3.11. The van der Waals surface area contributed by atoms with Gasteiger partial charge in [-0.15, -0.1) is 0 Å². The van der Waals surface area contributed by atoms with Gasteiger partial charge in [0.15, 0.2) is 0 Å². The van der Waals surface area contributed by atoms with Crippen molar-refractivity contribution in [3.63, 3.8) is 0 Å². The molecule has 1 aromatic heterocycles. The zero-order valence-corrected chi connectivity index (χ0v) is 10.3. The Labute approximate surface area is 103 Å². The van der Waals surface area contributed by atoms with E-state index in [2.05, 4.69) is 10.3 Å². The molecule has 0 saturated carbocycles. The summed E-state index contributed by atoms with van der Waals surface area (Å²) in [4.78, 5) is 13.7. The second-order valence-electron chi connectivity index (χ2n) is 3.59. The highest BCUT2D eigenvalue weighted by Gasteiger charge is 2.01. The maximum absolute atomic E-state index is 10.9. The van der Waals surface area contributed by atoms with Crippen LogP contribution < -0.4 is 14.9 Å². The molecule has 0 aliphatic rings. The molecule has 17 heavy (non-hydrogen) atoms. The number of methoxy groups -OCH3 is 1. The Hall–Kier alpha value is -1.59. The molecular weight excluding hydrogens is 236 g/mol. The molecule has 0 saturated heterocycles. The Balaban J connectivity index is 1.91. The summed E-state index contributed by atoms with van der Waals surface area (Å²) in [5.41, 5.74) is 2.02. The van der Waals surface area contributed by atoms with Crippen LogP contribution in [0.3, 0.4) is 0 Å². The van der Waals surface area contributed by atoms with E-state index in [-0.39, 0.29) is 4.87 Å². The predicted octanol–water partition coefficient (Wildman–Crippen LogP) is 1.73. The van der Waals surface area contributed by atoms with Crippen molar-refractivity contribution in [3.05, 3.63) is 50.6 Å². The van der Waals surface area contributed by atoms with Gasteiger partial charge in [0.1, 0.15) is 5.75 Å². The lowest BCUT2D eigenvalue weighted by atomic mass is 10.2. The first-order valence-electron chi connectivity index (χ1n) is 5.29. The van der Waals surface area contributed by atoms with Gasteiger partial charge in [0.2, 0.25) is 0 Å². The second kappa shape index (κ2) is 5.65. The highest BCUT2D eigenvalue weighted by molar-refractivity contribution is 7.07. The number of rotatable bonds is 5. The summed E-state index contributed by atoms with van der Waals surface area (Å²) in [6.45, 7) is 1.36. The molecule has 90 valence electrons. The molecule has 0 radical (unpaired) electrons. The van der Waals surface area contributed by atoms with Gasteiger partial charge in [-0.2, -0.15) is 0 Å². The van der Waals surface area contributed by atoms with Gasteiger partial charge in [-0.1, -0.05) is 29.5 Å². The average Bonchev–Trinajstić information content (AvgIpc) is 2.76. The van der Waals surface area contributed by atoms with E-state index in [1.54, 1.807) is 7.11 Å². The topological polar surface area (TPSA) is 54.1 Å². The molecule has 4 nitrogen and oxygen atoms in total. The van der Waals surface area contributed by atoms with Gasteiger partial charge in [0, 0.05) is 29.7 Å². The van der Waals surface area contributed by atoms with E-state index in [0.717, 1.165) is 17.0 Å². The third-order valence-electron chi connectivity index (χ3n) is 2.39. The van der Waals surface area contributed by atoms with Crippen molar-refractivity contribution in [3.8, 4) is 5.75 Å². The molecule has 0 aliphatic carbocycles. The smallest absolute Gasteiger partial charge is 0.304 e. The largest absolute Gasteiger partial charge is 0.496 e. The van der Waals surface area contributed by atoms with Gasteiger partial charge >= 0.3 is 4.87 Å². The predicted molar refractivity (Wildman–Crippen MR) is 68.5 cm³/mol. The van der Waals surface area contributed by atoms with Crippen LogP contribution in [0, 0.1) is 0 Å². The molecule has 1 aromatic carbocycles. The van der Waals surface area contributed by atoms with E-state index in [1.807, 2.05) is 29.6 Å². The molecule has 0 atom stereocenters. The summed E-state index contributed by atoms with van der Waals surface area (Å²) in [7, 11) is 1.66. The number of hydrogen-bond donors (Lipinski definition) is 2. The molecule has 0 fully saturated rings. The van der Waals surface area contributed by atoms with Crippen molar-refractivity contribution < 1.29 is 4.74 Å². The lowest BCUT2D eigenvalue weighted by Crippen LogP contribution is -2.14. The van der Waals surface area contributed by atoms with Crippen LogP contribution in [0.4, 0.5) is 0 Å². The van der Waals surface area contributed by atoms with Gasteiger partial charge in [-0.25, -0.2) is 0 Å². The molecule has 0 unspecified atom stereocenters. The fraction of sp³-hybridized carbons (Fsp3) is 0.250. The summed E-state index contributed by atoms with van der Waals surface area (Å²) < 4.78 is 5.26. The van der Waals surface area contributed by atoms with Crippen molar-refractivity contribution >= 4 is 11.3 Å². The highest BCUT2D eigenvalue weighted by Crippen LogP contribution is 2.16. The van der Waals surface area contributed by atoms with E-state index in [4.69, 9.17) is 4.74 Å². The van der Waals surface area contributed by atoms with Crippen molar-refractivity contribution in [2.24, 2.45) is 0 Å². The number of para-hydroxylation sites is 1. The van der Waals surface area contributed by atoms with E-state index >= 15 is 0 Å². The van der Waals surface area contributed by atoms with Crippen LogP contribution in [0.15, 0.2) is 34.4 Å². The maximum Gasteiger partial charge on any atom is 0.304 e. The van der Waals surface area contributed by atoms with Crippen LogP contribution in [0.25, 0.3) is 0 Å². The monoisotopic (exact) mass is 250 g/mol. The number of aromatic nitrogens is 1. The molecule has 2 N–H and O–H groups in total. The summed E-state index contributed by atoms with van der Waals surface area (Å²) in [6.07, 6.45) is 0. The third kappa shape index (κ3) is 3.18. The zero-order chi connectivity index (χ0) is 12.1. The van der Waals surface area contributed by atoms with Crippen molar-refractivity contribution in [2.45, 2.75) is 13.1 Å². The minimum atomic E-state index is -0.0147. The van der Waals surface area contributed by atoms with E-state index in [9.17, 15) is 4.79 Å². The first-order valence-corrected chi connectivity index (χ1v) is 6.17. The quantitative estimate of drug-likeness (QED) is 0.849. The summed E-state index contributed by atoms with van der Waals surface area (Å²) in [6, 6.07) is 7.87. The molecule has 0 amide bonds. The second-order valence-corrected chi connectivity index (χ2v) is 4.43. The number of hydrogen-bond acceptors (Lipinski definition) is 4. The molecule has 0 spiro atoms. The molecule has 0 bridgehead atoms. The van der Waals surface area contributed by atoms with Crippen molar-refractivity contribution in [1.82, 2.24) is 10.3 Å². The molecule has 2 aromatic rings. The minimum absolute atomic E-state index is 0.0147. The van der Waals surface area contributed by atoms with Crippen LogP contribution in [0.1, 0.15) is 11.3 Å². The SMILES string of the molecule is COc1ccccc1CNCc1csc(=O)[nH]1. The number of ether oxygens (including phenoxy) is 1. The summed E-state index contributed by atoms with van der Waals surface area (Å²) in [5, 5.41) is 5.09. The lowest BCUT2D eigenvalue weighted by Gasteiger charge is -2.08. The fourth-order valence-electron chi connectivity index (χ4n) is 1.58. The van der Waals surface area contributed by atoms with Gasteiger partial charge < -0.3 is 15.0 Å². The maximum atomic E-state index is 10.9. The van der Waals surface area contributed by atoms with Crippen LogP contribution in [-0.2, 0) is 13.1 Å². The summed E-state index contributed by atoms with van der Waals surface area (Å²) in [5.74, 6) is 0.874. The van der Waals surface area contributed by atoms with Crippen molar-refractivity contribution in [2.75, 3.05) is 7.11 Å². The van der Waals surface area contributed by atoms with Crippen LogP contribution in [0.2, 0.25) is 0 Å². The van der Waals surface area contributed by atoms with Gasteiger partial charge in [0.25, 0.3) is 0 Å². The number of H-pyrrole nitrogens is 1. The molecular formula is C12H14N2O2S. The number of nitrogens with one attached hydrogen (secondary N) is 2. The molecule has 0 aliphatic heterocycles. The Bertz CT molecular complexity index is 533. The first-order chi connectivity index (χ1) is 8.29. The lowest BCUT2D eigenvalue weighted by molar-refractivity contribution is 0.407. The molecule has 1 heterocycles. The highest BCUT2D eigenvalue weighted by atomic mass is 32.1. The molecule has 2 rings (SSSR count). The van der Waals surface area contributed by atoms with Crippen LogP contribution in [-0.4, -0.2) is 12.1 Å². The summed E-state index contributed by atoms with van der Waals surface area (Å²) >= 11 is 1.18. The van der Waals surface area contributed by atoms with Crippen molar-refractivity contribution in [1.29, 1.82) is 0 Å². The van der Waals surface area contributed by atoms with Gasteiger partial charge in [-0.3, -0.25) is 4.79 Å². The van der Waals surface area contributed by atoms with Crippen LogP contribution >= 0.6 is 11.3 Å². The van der Waals surface area contributed by atoms with Gasteiger partial charge in [0.05, 0.1) is 7.11 Å². The van der Waals surface area contributed by atoms with Gasteiger partial charge in [-0.05, 0) is 6.07 Å². The Morgan fingerprint density at radius 3 is 2.88 bits per heavy atom. The Morgan fingerprint density at radius 2 is 2.18 bits per heavy atom. The van der Waals surface area contributed by atoms with Crippen LogP contribution in [0.5, 0.6) is 5.75 Å². The number of benzene rings is 1. The van der Waals surface area contributed by atoms with E-state index < -0.39 is 0 Å². The fourth-order valence-corrected chi connectivity index (χ4v) is 2.16. The Morgan fingerprint density at radius 1 is 1.35 bits per heavy atom. The zero-order valence-electron chi connectivity index (χ0n) is 9.53. The number of aromatic amines is 1. The Kier molecular flexibility index (Phi) is 3.95. The number of thiazole rings is 1.